The zero-order valence-electron chi connectivity index (χ0n) is 9.77. The lowest BCUT2D eigenvalue weighted by molar-refractivity contribution is -0.134. The van der Waals surface area contributed by atoms with Crippen molar-refractivity contribution in [2.75, 3.05) is 6.54 Å². The van der Waals surface area contributed by atoms with E-state index in [-0.39, 0.29) is 17.9 Å². The van der Waals surface area contributed by atoms with Crippen molar-refractivity contribution in [2.45, 2.75) is 32.9 Å². The van der Waals surface area contributed by atoms with Crippen molar-refractivity contribution in [3.63, 3.8) is 0 Å². The van der Waals surface area contributed by atoms with Crippen molar-refractivity contribution < 1.29 is 4.79 Å². The summed E-state index contributed by atoms with van der Waals surface area (Å²) in [6.07, 6.45) is 0.976. The van der Waals surface area contributed by atoms with E-state index in [1.54, 1.807) is 11.3 Å². The Morgan fingerprint density at radius 3 is 3.00 bits per heavy atom. The molecule has 2 heterocycles. The standard InChI is InChI=1S/C12H18N2OS/c1-8(2)11(13)12(15)14-5-3-10-9(7-14)4-6-16-10/h4,6,8,11H,3,5,7,13H2,1-2H3. The highest BCUT2D eigenvalue weighted by Crippen LogP contribution is 2.24. The summed E-state index contributed by atoms with van der Waals surface area (Å²) in [6.45, 7) is 5.52. The average molecular weight is 238 g/mol. The van der Waals surface area contributed by atoms with Crippen LogP contribution < -0.4 is 5.73 Å². The number of carbonyl (C=O) groups is 1. The number of rotatable bonds is 2. The lowest BCUT2D eigenvalue weighted by Gasteiger charge is -2.30. The van der Waals surface area contributed by atoms with Gasteiger partial charge in [-0.25, -0.2) is 0 Å². The topological polar surface area (TPSA) is 46.3 Å². The summed E-state index contributed by atoms with van der Waals surface area (Å²) in [5.41, 5.74) is 7.19. The second kappa shape index (κ2) is 4.55. The Balaban J connectivity index is 2.06. The summed E-state index contributed by atoms with van der Waals surface area (Å²) in [5, 5.41) is 2.10. The second-order valence-corrected chi connectivity index (χ2v) is 5.65. The highest BCUT2D eigenvalue weighted by Gasteiger charge is 2.26. The molecule has 0 saturated carbocycles. The molecule has 1 atom stereocenters. The van der Waals surface area contributed by atoms with Crippen LogP contribution in [-0.2, 0) is 17.8 Å². The Kier molecular flexibility index (Phi) is 3.30. The van der Waals surface area contributed by atoms with Crippen molar-refractivity contribution in [3.8, 4) is 0 Å². The van der Waals surface area contributed by atoms with Crippen molar-refractivity contribution in [2.24, 2.45) is 11.7 Å². The van der Waals surface area contributed by atoms with Gasteiger partial charge in [0.05, 0.1) is 6.04 Å². The second-order valence-electron chi connectivity index (χ2n) is 4.65. The molecule has 0 fully saturated rings. The van der Waals surface area contributed by atoms with Crippen LogP contribution in [-0.4, -0.2) is 23.4 Å². The molecule has 0 spiro atoms. The number of thiophene rings is 1. The predicted molar refractivity (Wildman–Crippen MR) is 66.3 cm³/mol. The molecule has 0 aromatic carbocycles. The van der Waals surface area contributed by atoms with Crippen LogP contribution in [0.3, 0.4) is 0 Å². The van der Waals surface area contributed by atoms with Gasteiger partial charge in [-0.2, -0.15) is 0 Å². The van der Waals surface area contributed by atoms with Crippen molar-refractivity contribution in [1.29, 1.82) is 0 Å². The van der Waals surface area contributed by atoms with E-state index in [1.165, 1.54) is 10.4 Å². The first kappa shape index (κ1) is 11.6. The van der Waals surface area contributed by atoms with Gasteiger partial charge in [0.15, 0.2) is 0 Å². The molecule has 0 aliphatic carbocycles. The summed E-state index contributed by atoms with van der Waals surface area (Å²) in [5.74, 6) is 0.295. The third kappa shape index (κ3) is 2.13. The number of carbonyl (C=O) groups excluding carboxylic acids is 1. The maximum atomic E-state index is 12.1. The van der Waals surface area contributed by atoms with Gasteiger partial charge in [-0.1, -0.05) is 13.8 Å². The van der Waals surface area contributed by atoms with Gasteiger partial charge in [-0.15, -0.1) is 11.3 Å². The molecule has 3 nitrogen and oxygen atoms in total. The molecule has 1 unspecified atom stereocenters. The van der Waals surface area contributed by atoms with Crippen LogP contribution in [0.15, 0.2) is 11.4 Å². The molecule has 0 bridgehead atoms. The molecular formula is C12H18N2OS. The van der Waals surface area contributed by atoms with Crippen LogP contribution in [0, 0.1) is 5.92 Å². The van der Waals surface area contributed by atoms with Gasteiger partial charge in [0.25, 0.3) is 0 Å². The van der Waals surface area contributed by atoms with E-state index in [9.17, 15) is 4.79 Å². The fraction of sp³-hybridized carbons (Fsp3) is 0.583. The average Bonchev–Trinajstić information content (AvgIpc) is 2.73. The maximum Gasteiger partial charge on any atom is 0.240 e. The Bertz CT molecular complexity index is 386. The fourth-order valence-corrected chi connectivity index (χ4v) is 2.82. The van der Waals surface area contributed by atoms with E-state index >= 15 is 0 Å². The monoisotopic (exact) mass is 238 g/mol. The smallest absolute Gasteiger partial charge is 0.240 e. The summed E-state index contributed by atoms with van der Waals surface area (Å²) < 4.78 is 0. The Morgan fingerprint density at radius 1 is 1.56 bits per heavy atom. The van der Waals surface area contributed by atoms with Gasteiger partial charge in [-0.3, -0.25) is 4.79 Å². The molecule has 2 rings (SSSR count). The van der Waals surface area contributed by atoms with Crippen molar-refractivity contribution >= 4 is 17.2 Å². The summed E-state index contributed by atoms with van der Waals surface area (Å²) in [6, 6.07) is 1.75. The predicted octanol–water partition coefficient (Wildman–Crippen LogP) is 1.62. The first-order valence-electron chi connectivity index (χ1n) is 5.69. The van der Waals surface area contributed by atoms with Gasteiger partial charge < -0.3 is 10.6 Å². The molecule has 1 aliphatic rings. The third-order valence-electron chi connectivity index (χ3n) is 3.12. The lowest BCUT2D eigenvalue weighted by Crippen LogP contribution is -2.47. The van der Waals surface area contributed by atoms with Gasteiger partial charge in [0.1, 0.15) is 0 Å². The highest BCUT2D eigenvalue weighted by molar-refractivity contribution is 7.10. The lowest BCUT2D eigenvalue weighted by atomic mass is 10.0. The molecule has 1 amide bonds. The molecule has 1 aliphatic heterocycles. The minimum absolute atomic E-state index is 0.0897. The van der Waals surface area contributed by atoms with Gasteiger partial charge >= 0.3 is 0 Å². The van der Waals surface area contributed by atoms with E-state index in [2.05, 4.69) is 11.4 Å². The third-order valence-corrected chi connectivity index (χ3v) is 4.15. The maximum absolute atomic E-state index is 12.1. The van der Waals surface area contributed by atoms with Crippen LogP contribution in [0.1, 0.15) is 24.3 Å². The molecule has 1 aromatic rings. The largest absolute Gasteiger partial charge is 0.337 e. The zero-order valence-corrected chi connectivity index (χ0v) is 10.6. The van der Waals surface area contributed by atoms with Gasteiger partial charge in [0.2, 0.25) is 5.91 Å². The zero-order chi connectivity index (χ0) is 11.7. The first-order chi connectivity index (χ1) is 7.59. The SMILES string of the molecule is CC(C)C(N)C(=O)N1CCc2sccc2C1. The molecular weight excluding hydrogens is 220 g/mol. The Labute approximate surface area is 100 Å². The molecule has 0 radical (unpaired) electrons. The minimum Gasteiger partial charge on any atom is -0.337 e. The van der Waals surface area contributed by atoms with E-state index in [1.807, 2.05) is 18.7 Å². The number of nitrogens with zero attached hydrogens (tertiary/aromatic N) is 1. The van der Waals surface area contributed by atoms with Gasteiger partial charge in [-0.05, 0) is 29.3 Å². The first-order valence-corrected chi connectivity index (χ1v) is 6.57. The number of amides is 1. The van der Waals surface area contributed by atoms with Crippen LogP contribution >= 0.6 is 11.3 Å². The van der Waals surface area contributed by atoms with E-state index in [4.69, 9.17) is 5.73 Å². The molecule has 1 aromatic heterocycles. The molecule has 4 heteroatoms. The fourth-order valence-electron chi connectivity index (χ4n) is 1.93. The van der Waals surface area contributed by atoms with E-state index < -0.39 is 0 Å². The van der Waals surface area contributed by atoms with Crippen LogP contribution in [0.4, 0.5) is 0 Å². The van der Waals surface area contributed by atoms with E-state index in [0.717, 1.165) is 19.5 Å². The van der Waals surface area contributed by atoms with Crippen molar-refractivity contribution in [3.05, 3.63) is 21.9 Å². The molecule has 0 saturated heterocycles. The van der Waals surface area contributed by atoms with Crippen LogP contribution in [0.25, 0.3) is 0 Å². The quantitative estimate of drug-likeness (QED) is 0.851. The highest BCUT2D eigenvalue weighted by atomic mass is 32.1. The normalized spacial score (nSPS) is 17.4. The molecule has 88 valence electrons. The summed E-state index contributed by atoms with van der Waals surface area (Å²) >= 11 is 1.78. The molecule has 2 N–H and O–H groups in total. The van der Waals surface area contributed by atoms with E-state index in [0.29, 0.717) is 0 Å². The van der Waals surface area contributed by atoms with Gasteiger partial charge in [0, 0.05) is 18.0 Å². The van der Waals surface area contributed by atoms with Crippen LogP contribution in [0.5, 0.6) is 0 Å². The Hall–Kier alpha value is -0.870. The summed E-state index contributed by atoms with van der Waals surface area (Å²) in [7, 11) is 0. The molecule has 16 heavy (non-hydrogen) atoms. The number of fused-ring (bicyclic) bond motifs is 1. The number of hydrogen-bond acceptors (Lipinski definition) is 3. The minimum atomic E-state index is -0.361. The number of nitrogens with two attached hydrogens (primary N) is 1. The van der Waals surface area contributed by atoms with Crippen LogP contribution in [0.2, 0.25) is 0 Å². The number of hydrogen-bond donors (Lipinski definition) is 1. The Morgan fingerprint density at radius 2 is 2.31 bits per heavy atom. The summed E-state index contributed by atoms with van der Waals surface area (Å²) in [4.78, 5) is 15.4. The van der Waals surface area contributed by atoms with Crippen molar-refractivity contribution in [1.82, 2.24) is 4.90 Å².